The predicted molar refractivity (Wildman–Crippen MR) is 101 cm³/mol. The van der Waals surface area contributed by atoms with Gasteiger partial charge in [-0.1, -0.05) is 43.6 Å². The number of aromatic hydroxyl groups is 2. The van der Waals surface area contributed by atoms with Crippen LogP contribution in [0.15, 0.2) is 35.9 Å². The summed E-state index contributed by atoms with van der Waals surface area (Å²) in [6.07, 6.45) is 8.61. The Morgan fingerprint density at radius 3 is 2.38 bits per heavy atom. The highest BCUT2D eigenvalue weighted by molar-refractivity contribution is 5.51. The minimum absolute atomic E-state index is 0. The van der Waals surface area contributed by atoms with Crippen molar-refractivity contribution in [3.05, 3.63) is 47.1 Å². The molecule has 1 aliphatic carbocycles. The summed E-state index contributed by atoms with van der Waals surface area (Å²) in [5.74, 6) is 0.741. The second kappa shape index (κ2) is 8.93. The molecule has 0 amide bonds. The van der Waals surface area contributed by atoms with E-state index < -0.39 is 0 Å². The van der Waals surface area contributed by atoms with Crippen LogP contribution in [0.5, 0.6) is 11.5 Å². The lowest BCUT2D eigenvalue weighted by atomic mass is 9.73. The van der Waals surface area contributed by atoms with Gasteiger partial charge in [-0.3, -0.25) is 0 Å². The first-order valence-electron chi connectivity index (χ1n) is 8.81. The van der Waals surface area contributed by atoms with Gasteiger partial charge in [0, 0.05) is 11.5 Å². The molecule has 0 heterocycles. The molecule has 3 nitrogen and oxygen atoms in total. The molecule has 0 saturated carbocycles. The van der Waals surface area contributed by atoms with Crippen molar-refractivity contribution in [3.63, 3.8) is 0 Å². The summed E-state index contributed by atoms with van der Waals surface area (Å²) in [6, 6.07) is 3.66. The summed E-state index contributed by atoms with van der Waals surface area (Å²) >= 11 is 0. The zero-order valence-electron chi connectivity index (χ0n) is 15.2. The van der Waals surface area contributed by atoms with E-state index in [1.54, 1.807) is 0 Å². The van der Waals surface area contributed by atoms with E-state index in [1.807, 2.05) is 19.1 Å². The van der Waals surface area contributed by atoms with Crippen molar-refractivity contribution in [2.75, 3.05) is 0 Å². The topological polar surface area (TPSA) is 72.0 Å². The van der Waals surface area contributed by atoms with Gasteiger partial charge in [0.1, 0.15) is 11.5 Å². The van der Waals surface area contributed by atoms with Crippen molar-refractivity contribution in [2.45, 2.75) is 65.2 Å². The minimum atomic E-state index is 0. The Morgan fingerprint density at radius 1 is 1.21 bits per heavy atom. The normalized spacial score (nSPS) is 20.2. The molecule has 2 rings (SSSR count). The van der Waals surface area contributed by atoms with Gasteiger partial charge >= 0.3 is 0 Å². The quantitative estimate of drug-likeness (QED) is 0.567. The number of hydrogen-bond donors (Lipinski definition) is 2. The van der Waals surface area contributed by atoms with Gasteiger partial charge in [-0.05, 0) is 63.1 Å². The summed E-state index contributed by atoms with van der Waals surface area (Å²) in [5.41, 5.74) is 4.11. The zero-order chi connectivity index (χ0) is 17.0. The van der Waals surface area contributed by atoms with Crippen LogP contribution in [0.1, 0.15) is 69.9 Å². The maximum Gasteiger partial charge on any atom is 0.123 e. The summed E-state index contributed by atoms with van der Waals surface area (Å²) in [6.45, 7) is 10.4. The summed E-state index contributed by atoms with van der Waals surface area (Å²) in [5, 5.41) is 21.1. The molecule has 1 aromatic rings. The molecule has 0 aromatic heterocycles. The highest BCUT2D eigenvalue weighted by Crippen LogP contribution is 2.46. The van der Waals surface area contributed by atoms with Crippen molar-refractivity contribution >= 4 is 0 Å². The molecule has 0 saturated heterocycles. The van der Waals surface area contributed by atoms with Crippen molar-refractivity contribution in [1.29, 1.82) is 0 Å². The predicted octanol–water partition coefficient (Wildman–Crippen LogP) is 5.02. The molecule has 0 bridgehead atoms. The highest BCUT2D eigenvalue weighted by atomic mass is 16.3. The van der Waals surface area contributed by atoms with Crippen LogP contribution >= 0.6 is 0 Å². The monoisotopic (exact) mass is 332 g/mol. The molecule has 0 radical (unpaired) electrons. The van der Waals surface area contributed by atoms with Crippen LogP contribution < -0.4 is 0 Å². The van der Waals surface area contributed by atoms with E-state index in [4.69, 9.17) is 0 Å². The van der Waals surface area contributed by atoms with E-state index in [1.165, 1.54) is 18.4 Å². The Balaban J connectivity index is 0.00000288. The number of phenols is 2. The fraction of sp³-hybridized carbons (Fsp3) is 0.524. The lowest BCUT2D eigenvalue weighted by Gasteiger charge is -2.31. The zero-order valence-corrected chi connectivity index (χ0v) is 15.2. The number of hydrogen-bond acceptors (Lipinski definition) is 2. The number of unbranched alkanes of at least 4 members (excludes halogenated alkanes) is 2. The lowest BCUT2D eigenvalue weighted by molar-refractivity contribution is 0.406. The summed E-state index contributed by atoms with van der Waals surface area (Å²) in [7, 11) is 0. The van der Waals surface area contributed by atoms with E-state index in [0.29, 0.717) is 5.56 Å². The molecular formula is C21H32O3. The molecule has 24 heavy (non-hydrogen) atoms. The summed E-state index contributed by atoms with van der Waals surface area (Å²) < 4.78 is 0. The SMILES string of the molecule is C=C(C)[C@@H]1CCC(C)=CC1c1c(O)cc(CCCCC)cc1O.O. The molecule has 2 atom stereocenters. The van der Waals surface area contributed by atoms with E-state index in [2.05, 4.69) is 26.5 Å². The first-order chi connectivity index (χ1) is 10.9. The standard InChI is InChI=1S/C21H30O2.H2O/c1-5-6-7-8-16-12-19(22)21(20(23)13-16)18-11-15(4)9-10-17(18)14(2)3;/h11-13,17-18,22-23H,2,5-10H2,1,3-4H3;1H2/t17-,18?;/m0./s1. The van der Waals surface area contributed by atoms with Crippen LogP contribution in [0.4, 0.5) is 0 Å². The van der Waals surface area contributed by atoms with Gasteiger partial charge in [-0.15, -0.1) is 0 Å². The van der Waals surface area contributed by atoms with Gasteiger partial charge in [0.15, 0.2) is 0 Å². The molecule has 1 aromatic carbocycles. The Morgan fingerprint density at radius 2 is 1.83 bits per heavy atom. The average molecular weight is 332 g/mol. The van der Waals surface area contributed by atoms with Crippen LogP contribution in [0, 0.1) is 5.92 Å². The van der Waals surface area contributed by atoms with E-state index in [-0.39, 0.29) is 28.8 Å². The number of benzene rings is 1. The maximum atomic E-state index is 10.5. The van der Waals surface area contributed by atoms with Gasteiger partial charge in [0.2, 0.25) is 0 Å². The molecule has 1 unspecified atom stereocenters. The number of rotatable bonds is 6. The molecule has 3 heteroatoms. The molecule has 0 aliphatic heterocycles. The Labute approximate surface area is 146 Å². The Bertz CT molecular complexity index is 578. The van der Waals surface area contributed by atoms with Crippen molar-refractivity contribution in [2.24, 2.45) is 5.92 Å². The fourth-order valence-electron chi connectivity index (χ4n) is 3.65. The van der Waals surface area contributed by atoms with Crippen LogP contribution in [0.3, 0.4) is 0 Å². The molecule has 4 N–H and O–H groups in total. The van der Waals surface area contributed by atoms with Crippen molar-refractivity contribution in [3.8, 4) is 11.5 Å². The molecule has 0 spiro atoms. The lowest BCUT2D eigenvalue weighted by Crippen LogP contribution is -2.17. The smallest absolute Gasteiger partial charge is 0.123 e. The first-order valence-corrected chi connectivity index (χ1v) is 8.81. The van der Waals surface area contributed by atoms with Gasteiger partial charge in [-0.2, -0.15) is 0 Å². The van der Waals surface area contributed by atoms with Crippen LogP contribution in [-0.4, -0.2) is 15.7 Å². The third-order valence-electron chi connectivity index (χ3n) is 4.98. The molecule has 134 valence electrons. The highest BCUT2D eigenvalue weighted by Gasteiger charge is 2.29. The molecular weight excluding hydrogens is 300 g/mol. The average Bonchev–Trinajstić information content (AvgIpc) is 2.46. The fourth-order valence-corrected chi connectivity index (χ4v) is 3.65. The third-order valence-corrected chi connectivity index (χ3v) is 4.98. The van der Waals surface area contributed by atoms with E-state index in [9.17, 15) is 10.2 Å². The van der Waals surface area contributed by atoms with E-state index >= 15 is 0 Å². The largest absolute Gasteiger partial charge is 0.507 e. The Hall–Kier alpha value is -1.74. The van der Waals surface area contributed by atoms with Gasteiger partial charge in [-0.25, -0.2) is 0 Å². The number of allylic oxidation sites excluding steroid dienone is 3. The first kappa shape index (κ1) is 20.3. The van der Waals surface area contributed by atoms with Gasteiger partial charge < -0.3 is 15.7 Å². The second-order valence-corrected chi connectivity index (χ2v) is 7.04. The van der Waals surface area contributed by atoms with Crippen molar-refractivity contribution < 1.29 is 15.7 Å². The Kier molecular flexibility index (Phi) is 7.56. The second-order valence-electron chi connectivity index (χ2n) is 7.04. The van der Waals surface area contributed by atoms with E-state index in [0.717, 1.165) is 36.8 Å². The van der Waals surface area contributed by atoms with Crippen LogP contribution in [0.2, 0.25) is 0 Å². The molecule has 0 fully saturated rings. The number of aryl methyl sites for hydroxylation is 1. The third kappa shape index (κ3) is 4.64. The minimum Gasteiger partial charge on any atom is -0.507 e. The van der Waals surface area contributed by atoms with Gasteiger partial charge in [0.25, 0.3) is 0 Å². The van der Waals surface area contributed by atoms with Crippen LogP contribution in [0.25, 0.3) is 0 Å². The van der Waals surface area contributed by atoms with Crippen LogP contribution in [-0.2, 0) is 6.42 Å². The number of phenolic OH excluding ortho intramolecular Hbond substituents is 2. The summed E-state index contributed by atoms with van der Waals surface area (Å²) in [4.78, 5) is 0. The maximum absolute atomic E-state index is 10.5. The molecule has 1 aliphatic rings. The van der Waals surface area contributed by atoms with Crippen molar-refractivity contribution in [1.82, 2.24) is 0 Å². The van der Waals surface area contributed by atoms with Gasteiger partial charge in [0.05, 0.1) is 0 Å².